The molecule has 0 amide bonds. The van der Waals surface area contributed by atoms with Crippen molar-refractivity contribution in [1.82, 2.24) is 0 Å². The van der Waals surface area contributed by atoms with E-state index in [4.69, 9.17) is 0 Å². The highest BCUT2D eigenvalue weighted by molar-refractivity contribution is 5.66. The largest absolute Gasteiger partial charge is 0.0649 e. The molecule has 0 nitrogen and oxygen atoms in total. The Labute approximate surface area is 80.3 Å². The summed E-state index contributed by atoms with van der Waals surface area (Å²) in [6, 6.07) is 8.72. The molecule has 1 aliphatic carbocycles. The fraction of sp³-hybridized carbons (Fsp3) is 0.385. The average Bonchev–Trinajstić information content (AvgIpc) is 2.39. The standard InChI is InChI=1S/C13H16/c1-9(2)13-10(3)8-11-6-4-5-7-12(11)13/h4-9,13H,1-3H3. The second-order valence-corrected chi connectivity index (χ2v) is 4.24. The highest BCUT2D eigenvalue weighted by atomic mass is 14.3. The molecule has 1 unspecified atom stereocenters. The number of fused-ring (bicyclic) bond motifs is 1. The SMILES string of the molecule is CC1=Cc2ccccc2C1C(C)C. The number of hydrogen-bond acceptors (Lipinski definition) is 0. The van der Waals surface area contributed by atoms with E-state index in [1.807, 2.05) is 0 Å². The Morgan fingerprint density at radius 2 is 1.85 bits per heavy atom. The molecule has 1 atom stereocenters. The van der Waals surface area contributed by atoms with E-state index in [1.165, 1.54) is 16.7 Å². The average molecular weight is 172 g/mol. The molecule has 1 aromatic carbocycles. The summed E-state index contributed by atoms with van der Waals surface area (Å²) in [4.78, 5) is 0. The first-order valence-electron chi connectivity index (χ1n) is 4.97. The number of rotatable bonds is 1. The molecule has 0 aliphatic heterocycles. The maximum atomic E-state index is 2.32. The third-order valence-electron chi connectivity index (χ3n) is 2.87. The van der Waals surface area contributed by atoms with Gasteiger partial charge in [0.05, 0.1) is 0 Å². The van der Waals surface area contributed by atoms with Crippen molar-refractivity contribution < 1.29 is 0 Å². The summed E-state index contributed by atoms with van der Waals surface area (Å²) >= 11 is 0. The first-order chi connectivity index (χ1) is 6.20. The summed E-state index contributed by atoms with van der Waals surface area (Å²) in [5.41, 5.74) is 4.44. The predicted molar refractivity (Wildman–Crippen MR) is 57.7 cm³/mol. The van der Waals surface area contributed by atoms with Gasteiger partial charge >= 0.3 is 0 Å². The van der Waals surface area contributed by atoms with Crippen LogP contribution >= 0.6 is 0 Å². The Morgan fingerprint density at radius 3 is 2.54 bits per heavy atom. The lowest BCUT2D eigenvalue weighted by atomic mass is 9.86. The summed E-state index contributed by atoms with van der Waals surface area (Å²) in [6.07, 6.45) is 2.32. The minimum absolute atomic E-state index is 0.649. The van der Waals surface area contributed by atoms with Crippen molar-refractivity contribution in [2.24, 2.45) is 5.92 Å². The van der Waals surface area contributed by atoms with E-state index in [2.05, 4.69) is 51.1 Å². The fourth-order valence-electron chi connectivity index (χ4n) is 2.39. The molecule has 0 fully saturated rings. The van der Waals surface area contributed by atoms with E-state index in [1.54, 1.807) is 0 Å². The molecule has 1 aliphatic rings. The highest BCUT2D eigenvalue weighted by Gasteiger charge is 2.24. The zero-order valence-corrected chi connectivity index (χ0v) is 8.54. The van der Waals surface area contributed by atoms with Crippen molar-refractivity contribution in [2.45, 2.75) is 26.7 Å². The predicted octanol–water partition coefficient (Wildman–Crippen LogP) is 3.84. The van der Waals surface area contributed by atoms with Gasteiger partial charge in [-0.05, 0) is 24.0 Å². The van der Waals surface area contributed by atoms with E-state index in [-0.39, 0.29) is 0 Å². The molecule has 13 heavy (non-hydrogen) atoms. The molecule has 0 bridgehead atoms. The van der Waals surface area contributed by atoms with E-state index < -0.39 is 0 Å². The second-order valence-electron chi connectivity index (χ2n) is 4.24. The zero-order valence-electron chi connectivity index (χ0n) is 8.54. The van der Waals surface area contributed by atoms with Gasteiger partial charge in [-0.3, -0.25) is 0 Å². The molecule has 68 valence electrons. The Hall–Kier alpha value is -1.04. The summed E-state index contributed by atoms with van der Waals surface area (Å²) in [5.74, 6) is 1.36. The Kier molecular flexibility index (Phi) is 1.99. The fourth-order valence-corrected chi connectivity index (χ4v) is 2.39. The lowest BCUT2D eigenvalue weighted by molar-refractivity contribution is 0.563. The number of benzene rings is 1. The maximum absolute atomic E-state index is 2.32. The van der Waals surface area contributed by atoms with Gasteiger partial charge in [-0.15, -0.1) is 0 Å². The lowest BCUT2D eigenvalue weighted by Gasteiger charge is -2.18. The Morgan fingerprint density at radius 1 is 1.15 bits per heavy atom. The van der Waals surface area contributed by atoms with E-state index >= 15 is 0 Å². The van der Waals surface area contributed by atoms with Crippen LogP contribution in [0.2, 0.25) is 0 Å². The molecule has 0 aromatic heterocycles. The molecule has 2 rings (SSSR count). The molecule has 1 aromatic rings. The van der Waals surface area contributed by atoms with E-state index in [0.29, 0.717) is 11.8 Å². The van der Waals surface area contributed by atoms with Crippen LogP contribution in [0.4, 0.5) is 0 Å². The van der Waals surface area contributed by atoms with E-state index in [9.17, 15) is 0 Å². The van der Waals surface area contributed by atoms with Gasteiger partial charge in [-0.2, -0.15) is 0 Å². The molecule has 0 spiro atoms. The molecule has 0 saturated carbocycles. The number of allylic oxidation sites excluding steroid dienone is 1. The number of hydrogen-bond donors (Lipinski definition) is 0. The van der Waals surface area contributed by atoms with Gasteiger partial charge in [0.25, 0.3) is 0 Å². The van der Waals surface area contributed by atoms with Gasteiger partial charge in [-0.1, -0.05) is 49.8 Å². The van der Waals surface area contributed by atoms with Crippen LogP contribution in [0.3, 0.4) is 0 Å². The second kappa shape index (κ2) is 3.02. The van der Waals surface area contributed by atoms with Crippen LogP contribution < -0.4 is 0 Å². The molecular formula is C13H16. The van der Waals surface area contributed by atoms with Crippen LogP contribution in [0.5, 0.6) is 0 Å². The van der Waals surface area contributed by atoms with Gasteiger partial charge in [0.2, 0.25) is 0 Å². The van der Waals surface area contributed by atoms with Crippen LogP contribution in [0.25, 0.3) is 6.08 Å². The minimum atomic E-state index is 0.649. The van der Waals surface area contributed by atoms with Crippen LogP contribution in [0.1, 0.15) is 37.8 Å². The molecular weight excluding hydrogens is 156 g/mol. The lowest BCUT2D eigenvalue weighted by Crippen LogP contribution is -2.04. The van der Waals surface area contributed by atoms with Crippen LogP contribution in [0, 0.1) is 5.92 Å². The van der Waals surface area contributed by atoms with Crippen molar-refractivity contribution in [1.29, 1.82) is 0 Å². The summed E-state index contributed by atoms with van der Waals surface area (Å²) in [6.45, 7) is 6.83. The van der Waals surface area contributed by atoms with Gasteiger partial charge in [0.15, 0.2) is 0 Å². The van der Waals surface area contributed by atoms with Gasteiger partial charge in [0, 0.05) is 5.92 Å². The van der Waals surface area contributed by atoms with Crippen molar-refractivity contribution in [3.8, 4) is 0 Å². The monoisotopic (exact) mass is 172 g/mol. The quantitative estimate of drug-likeness (QED) is 0.603. The van der Waals surface area contributed by atoms with Gasteiger partial charge in [0.1, 0.15) is 0 Å². The molecule has 0 radical (unpaired) electrons. The first kappa shape index (κ1) is 8.55. The molecule has 0 N–H and O–H groups in total. The van der Waals surface area contributed by atoms with Crippen LogP contribution in [-0.4, -0.2) is 0 Å². The molecule has 0 saturated heterocycles. The van der Waals surface area contributed by atoms with Crippen LogP contribution in [-0.2, 0) is 0 Å². The molecule has 0 heteroatoms. The minimum Gasteiger partial charge on any atom is -0.0649 e. The van der Waals surface area contributed by atoms with Crippen molar-refractivity contribution >= 4 is 6.08 Å². The normalized spacial score (nSPS) is 20.3. The summed E-state index contributed by atoms with van der Waals surface area (Å²) < 4.78 is 0. The third-order valence-corrected chi connectivity index (χ3v) is 2.87. The van der Waals surface area contributed by atoms with Crippen molar-refractivity contribution in [3.63, 3.8) is 0 Å². The third kappa shape index (κ3) is 1.31. The van der Waals surface area contributed by atoms with Crippen LogP contribution in [0.15, 0.2) is 29.8 Å². The summed E-state index contributed by atoms with van der Waals surface area (Å²) in [5, 5.41) is 0. The Bertz CT molecular complexity index is 345. The van der Waals surface area contributed by atoms with Crippen molar-refractivity contribution in [3.05, 3.63) is 41.0 Å². The first-order valence-corrected chi connectivity index (χ1v) is 4.97. The maximum Gasteiger partial charge on any atom is 0.00776 e. The smallest absolute Gasteiger partial charge is 0.00776 e. The van der Waals surface area contributed by atoms with Gasteiger partial charge in [-0.25, -0.2) is 0 Å². The van der Waals surface area contributed by atoms with Gasteiger partial charge < -0.3 is 0 Å². The molecule has 0 heterocycles. The topological polar surface area (TPSA) is 0 Å². The van der Waals surface area contributed by atoms with E-state index in [0.717, 1.165) is 0 Å². The summed E-state index contributed by atoms with van der Waals surface area (Å²) in [7, 11) is 0. The zero-order chi connectivity index (χ0) is 9.42. The highest BCUT2D eigenvalue weighted by Crippen LogP contribution is 2.40. The Balaban J connectivity index is 2.49. The van der Waals surface area contributed by atoms with Crippen molar-refractivity contribution in [2.75, 3.05) is 0 Å².